The normalized spacial score (nSPS) is 11.8. The predicted molar refractivity (Wildman–Crippen MR) is 55.1 cm³/mol. The molecule has 0 bridgehead atoms. The number of aryl methyl sites for hydroxylation is 2. The van der Waals surface area contributed by atoms with Crippen LogP contribution in [0.5, 0.6) is 0 Å². The summed E-state index contributed by atoms with van der Waals surface area (Å²) in [4.78, 5) is 11.4. The maximum absolute atomic E-state index is 11.4. The fourth-order valence-electron chi connectivity index (χ4n) is 1.29. The molecule has 72 valence electrons. The van der Waals surface area contributed by atoms with Gasteiger partial charge in [0.15, 0.2) is 0 Å². The molecule has 1 aromatic heterocycles. The van der Waals surface area contributed by atoms with Gasteiger partial charge in [-0.05, 0) is 24.0 Å². The van der Waals surface area contributed by atoms with E-state index in [1.807, 2.05) is 19.2 Å². The van der Waals surface area contributed by atoms with Crippen LogP contribution in [0.1, 0.15) is 31.9 Å². The zero-order chi connectivity index (χ0) is 10.2. The summed E-state index contributed by atoms with van der Waals surface area (Å²) < 4.78 is 1.65. The SMILES string of the molecule is Cc1cc(C(C)(C)C)cn(C)c1=O. The molecule has 0 saturated heterocycles. The first-order valence-electron chi connectivity index (χ1n) is 4.50. The first kappa shape index (κ1) is 10.0. The second-order valence-electron chi connectivity index (χ2n) is 4.58. The summed E-state index contributed by atoms with van der Waals surface area (Å²) in [5.41, 5.74) is 2.21. The molecule has 2 nitrogen and oxygen atoms in total. The lowest BCUT2D eigenvalue weighted by molar-refractivity contribution is 0.579. The third kappa shape index (κ3) is 2.00. The van der Waals surface area contributed by atoms with Gasteiger partial charge in [0.25, 0.3) is 5.56 Å². The highest BCUT2D eigenvalue weighted by Crippen LogP contribution is 2.21. The number of nitrogens with zero attached hydrogens (tertiary/aromatic N) is 1. The molecule has 0 saturated carbocycles. The van der Waals surface area contributed by atoms with Gasteiger partial charge >= 0.3 is 0 Å². The fourth-order valence-corrected chi connectivity index (χ4v) is 1.29. The third-order valence-electron chi connectivity index (χ3n) is 2.23. The Hall–Kier alpha value is -1.05. The molecule has 2 heteroatoms. The summed E-state index contributed by atoms with van der Waals surface area (Å²) in [5.74, 6) is 0. The van der Waals surface area contributed by atoms with Crippen molar-refractivity contribution in [2.45, 2.75) is 33.1 Å². The Kier molecular flexibility index (Phi) is 2.33. The Morgan fingerprint density at radius 2 is 1.85 bits per heavy atom. The van der Waals surface area contributed by atoms with Crippen LogP contribution >= 0.6 is 0 Å². The standard InChI is InChI=1S/C11H17NO/c1-8-6-9(11(2,3)4)7-12(5)10(8)13/h6-7H,1-5H3. The van der Waals surface area contributed by atoms with Gasteiger partial charge in [0.1, 0.15) is 0 Å². The van der Waals surface area contributed by atoms with E-state index in [0.29, 0.717) is 0 Å². The van der Waals surface area contributed by atoms with Gasteiger partial charge in [-0.3, -0.25) is 4.79 Å². The van der Waals surface area contributed by atoms with E-state index in [4.69, 9.17) is 0 Å². The molecule has 0 atom stereocenters. The van der Waals surface area contributed by atoms with Gasteiger partial charge in [-0.1, -0.05) is 20.8 Å². The molecular formula is C11H17NO. The quantitative estimate of drug-likeness (QED) is 0.597. The molecule has 0 radical (unpaired) electrons. The summed E-state index contributed by atoms with van der Waals surface area (Å²) in [6.45, 7) is 8.29. The van der Waals surface area contributed by atoms with Gasteiger partial charge in [-0.15, -0.1) is 0 Å². The van der Waals surface area contributed by atoms with Crippen LogP contribution in [0.2, 0.25) is 0 Å². The van der Waals surface area contributed by atoms with Gasteiger partial charge in [0.05, 0.1) is 0 Å². The number of hydrogen-bond acceptors (Lipinski definition) is 1. The second kappa shape index (κ2) is 3.02. The molecule has 0 aliphatic rings. The Morgan fingerprint density at radius 3 is 2.23 bits per heavy atom. The molecule has 0 spiro atoms. The minimum absolute atomic E-state index is 0.0907. The molecule has 0 fully saturated rings. The maximum atomic E-state index is 11.4. The largest absolute Gasteiger partial charge is 0.318 e. The van der Waals surface area contributed by atoms with Crippen molar-refractivity contribution < 1.29 is 0 Å². The van der Waals surface area contributed by atoms with Crippen LogP contribution in [0, 0.1) is 6.92 Å². The van der Waals surface area contributed by atoms with Crippen LogP contribution in [0.4, 0.5) is 0 Å². The lowest BCUT2D eigenvalue weighted by Crippen LogP contribution is -2.23. The topological polar surface area (TPSA) is 22.0 Å². The van der Waals surface area contributed by atoms with E-state index >= 15 is 0 Å². The maximum Gasteiger partial charge on any atom is 0.253 e. The molecule has 0 aliphatic carbocycles. The van der Waals surface area contributed by atoms with Gasteiger partial charge < -0.3 is 4.57 Å². The van der Waals surface area contributed by atoms with E-state index in [2.05, 4.69) is 20.8 Å². The van der Waals surface area contributed by atoms with Crippen molar-refractivity contribution in [2.75, 3.05) is 0 Å². The summed E-state index contributed by atoms with van der Waals surface area (Å²) in [6.07, 6.45) is 1.91. The molecule has 1 aromatic rings. The van der Waals surface area contributed by atoms with E-state index in [9.17, 15) is 4.79 Å². The summed E-state index contributed by atoms with van der Waals surface area (Å²) >= 11 is 0. The molecular weight excluding hydrogens is 162 g/mol. The Balaban J connectivity index is 3.38. The molecule has 0 N–H and O–H groups in total. The van der Waals surface area contributed by atoms with Crippen LogP contribution in [0.25, 0.3) is 0 Å². The van der Waals surface area contributed by atoms with Crippen molar-refractivity contribution in [3.8, 4) is 0 Å². The summed E-state index contributed by atoms with van der Waals surface area (Å²) in [6, 6.07) is 1.97. The number of pyridine rings is 1. The fraction of sp³-hybridized carbons (Fsp3) is 0.545. The molecule has 0 aromatic carbocycles. The highest BCUT2D eigenvalue weighted by atomic mass is 16.1. The van der Waals surface area contributed by atoms with Crippen molar-refractivity contribution in [1.29, 1.82) is 0 Å². The van der Waals surface area contributed by atoms with Crippen molar-refractivity contribution in [1.82, 2.24) is 4.57 Å². The van der Waals surface area contributed by atoms with Crippen LogP contribution in [-0.4, -0.2) is 4.57 Å². The van der Waals surface area contributed by atoms with Crippen LogP contribution in [0.15, 0.2) is 17.1 Å². The highest BCUT2D eigenvalue weighted by molar-refractivity contribution is 5.24. The second-order valence-corrected chi connectivity index (χ2v) is 4.58. The van der Waals surface area contributed by atoms with Crippen molar-refractivity contribution in [3.05, 3.63) is 33.7 Å². The summed E-state index contributed by atoms with van der Waals surface area (Å²) in [5, 5.41) is 0. The monoisotopic (exact) mass is 179 g/mol. The van der Waals surface area contributed by atoms with Gasteiger partial charge in [-0.2, -0.15) is 0 Å². The van der Waals surface area contributed by atoms with Crippen LogP contribution in [-0.2, 0) is 12.5 Å². The van der Waals surface area contributed by atoms with E-state index in [1.54, 1.807) is 11.6 Å². The van der Waals surface area contributed by atoms with Crippen molar-refractivity contribution >= 4 is 0 Å². The Bertz CT molecular complexity index is 342. The van der Waals surface area contributed by atoms with E-state index in [1.165, 1.54) is 5.56 Å². The smallest absolute Gasteiger partial charge is 0.253 e. The molecule has 1 rings (SSSR count). The van der Waals surface area contributed by atoms with E-state index < -0.39 is 0 Å². The average molecular weight is 179 g/mol. The number of hydrogen-bond donors (Lipinski definition) is 0. The predicted octanol–water partition coefficient (Wildman–Crippen LogP) is 1.99. The number of rotatable bonds is 0. The van der Waals surface area contributed by atoms with E-state index in [-0.39, 0.29) is 11.0 Å². The minimum atomic E-state index is 0.0907. The first-order valence-corrected chi connectivity index (χ1v) is 4.50. The Morgan fingerprint density at radius 1 is 1.31 bits per heavy atom. The van der Waals surface area contributed by atoms with Gasteiger partial charge in [0.2, 0.25) is 0 Å². The molecule has 0 aliphatic heterocycles. The Labute approximate surface area is 79.2 Å². The third-order valence-corrected chi connectivity index (χ3v) is 2.23. The van der Waals surface area contributed by atoms with Crippen LogP contribution < -0.4 is 5.56 Å². The van der Waals surface area contributed by atoms with E-state index in [0.717, 1.165) is 5.56 Å². The first-order chi connectivity index (χ1) is 5.82. The van der Waals surface area contributed by atoms with Gasteiger partial charge in [0, 0.05) is 18.8 Å². The zero-order valence-electron chi connectivity index (χ0n) is 9.01. The lowest BCUT2D eigenvalue weighted by atomic mass is 9.87. The lowest BCUT2D eigenvalue weighted by Gasteiger charge is -2.20. The van der Waals surface area contributed by atoms with Crippen molar-refractivity contribution in [2.24, 2.45) is 7.05 Å². The zero-order valence-corrected chi connectivity index (χ0v) is 9.01. The molecule has 0 amide bonds. The molecule has 1 heterocycles. The number of aromatic nitrogens is 1. The minimum Gasteiger partial charge on any atom is -0.318 e. The average Bonchev–Trinajstić information content (AvgIpc) is 1.97. The molecule has 13 heavy (non-hydrogen) atoms. The summed E-state index contributed by atoms with van der Waals surface area (Å²) in [7, 11) is 1.80. The van der Waals surface area contributed by atoms with Crippen LogP contribution in [0.3, 0.4) is 0 Å². The molecule has 0 unspecified atom stereocenters. The van der Waals surface area contributed by atoms with Gasteiger partial charge in [-0.25, -0.2) is 0 Å². The highest BCUT2D eigenvalue weighted by Gasteiger charge is 2.15. The van der Waals surface area contributed by atoms with Crippen molar-refractivity contribution in [3.63, 3.8) is 0 Å².